The Kier molecular flexibility index (Phi) is 7.10. The van der Waals surface area contributed by atoms with Crippen LogP contribution in [0.15, 0.2) is 115 Å². The zero-order valence-electron chi connectivity index (χ0n) is 28.5. The van der Waals surface area contributed by atoms with Crippen LogP contribution < -0.4 is 46.0 Å². The van der Waals surface area contributed by atoms with Gasteiger partial charge in [-0.15, -0.1) is 0 Å². The van der Waals surface area contributed by atoms with Gasteiger partial charge in [0.25, 0.3) is 0 Å². The second-order valence-corrected chi connectivity index (χ2v) is 17.8. The molecule has 49 heavy (non-hydrogen) atoms. The van der Waals surface area contributed by atoms with E-state index in [9.17, 15) is 0 Å². The summed E-state index contributed by atoms with van der Waals surface area (Å²) in [5.41, 5.74) is 9.69. The maximum Gasteiger partial charge on any atom is 0.143 e. The molecule has 240 valence electrons. The Labute approximate surface area is 290 Å². The fourth-order valence-electron chi connectivity index (χ4n) is 7.37. The van der Waals surface area contributed by atoms with Crippen molar-refractivity contribution in [3.05, 3.63) is 148 Å². The number of para-hydroxylation sites is 2. The minimum atomic E-state index is -0.978. The average Bonchev–Trinajstić information content (AvgIpc) is 3.08. The molecule has 3 heterocycles. The highest BCUT2D eigenvalue weighted by atomic mass is 31.1. The van der Waals surface area contributed by atoms with Crippen molar-refractivity contribution < 1.29 is 14.2 Å². The number of hydrogen-bond donors (Lipinski definition) is 0. The molecule has 0 saturated heterocycles. The predicted molar refractivity (Wildman–Crippen MR) is 207 cm³/mol. The van der Waals surface area contributed by atoms with Crippen molar-refractivity contribution in [2.75, 3.05) is 0 Å². The van der Waals surface area contributed by atoms with Crippen LogP contribution in [0.2, 0.25) is 0 Å². The van der Waals surface area contributed by atoms with E-state index in [-0.39, 0.29) is 0 Å². The second kappa shape index (κ2) is 11.4. The number of allylic oxidation sites excluding steroid dienone is 1. The summed E-state index contributed by atoms with van der Waals surface area (Å²) in [7, 11) is -1.96. The Hall–Kier alpha value is -4.68. The normalized spacial score (nSPS) is 14.2. The average molecular weight is 675 g/mol. The van der Waals surface area contributed by atoms with Gasteiger partial charge in [0, 0.05) is 43.0 Å². The maximum absolute atomic E-state index is 7.42. The van der Waals surface area contributed by atoms with Gasteiger partial charge in [-0.05, 0) is 111 Å². The first-order valence-corrected chi connectivity index (χ1v) is 19.4. The van der Waals surface area contributed by atoms with Crippen LogP contribution in [0, 0.1) is 27.7 Å². The monoisotopic (exact) mass is 674 g/mol. The summed E-state index contributed by atoms with van der Waals surface area (Å²) in [6, 6.07) is 39.7. The van der Waals surface area contributed by atoms with Crippen molar-refractivity contribution in [3.63, 3.8) is 0 Å². The van der Waals surface area contributed by atoms with Gasteiger partial charge < -0.3 is 14.2 Å². The zero-order valence-corrected chi connectivity index (χ0v) is 30.3. The highest BCUT2D eigenvalue weighted by Gasteiger charge is 2.37. The molecule has 6 aromatic carbocycles. The minimum Gasteiger partial charge on any atom is -0.456 e. The van der Waals surface area contributed by atoms with Gasteiger partial charge in [-0.25, -0.2) is 0 Å². The van der Waals surface area contributed by atoms with Crippen LogP contribution in [0.3, 0.4) is 0 Å². The molecule has 0 radical (unpaired) electrons. The van der Waals surface area contributed by atoms with E-state index in [2.05, 4.69) is 151 Å². The van der Waals surface area contributed by atoms with E-state index < -0.39 is 15.8 Å². The Morgan fingerprint density at radius 3 is 1.08 bits per heavy atom. The number of benzene rings is 6. The summed E-state index contributed by atoms with van der Waals surface area (Å²) in [5, 5.41) is 7.33. The molecule has 0 spiro atoms. The summed E-state index contributed by atoms with van der Waals surface area (Å²) in [6.45, 7) is 13.1. The van der Waals surface area contributed by atoms with Crippen molar-refractivity contribution in [2.45, 2.75) is 41.5 Å². The summed E-state index contributed by atoms with van der Waals surface area (Å²) < 4.78 is 20.5. The van der Waals surface area contributed by atoms with Crippen LogP contribution in [-0.2, 0) is 0 Å². The van der Waals surface area contributed by atoms with Gasteiger partial charge in [0.15, 0.2) is 0 Å². The van der Waals surface area contributed by atoms with E-state index in [4.69, 9.17) is 14.2 Å². The van der Waals surface area contributed by atoms with Gasteiger partial charge in [0.1, 0.15) is 34.5 Å². The molecule has 0 fully saturated rings. The lowest BCUT2D eigenvalue weighted by molar-refractivity contribution is 0.481. The first kappa shape index (κ1) is 30.4. The Bertz CT molecular complexity index is 2140. The molecule has 0 N–H and O–H groups in total. The first-order chi connectivity index (χ1) is 23.7. The smallest absolute Gasteiger partial charge is 0.143 e. The molecule has 0 saturated carbocycles. The summed E-state index contributed by atoms with van der Waals surface area (Å²) >= 11 is 0. The molecular formula is C44H36O3P2. The lowest BCUT2D eigenvalue weighted by Gasteiger charge is -2.35. The molecule has 3 aliphatic heterocycles. The number of rotatable bonds is 2. The van der Waals surface area contributed by atoms with Crippen molar-refractivity contribution in [1.29, 1.82) is 0 Å². The van der Waals surface area contributed by atoms with E-state index in [1.54, 1.807) is 0 Å². The molecule has 0 unspecified atom stereocenters. The quantitative estimate of drug-likeness (QED) is 0.171. The lowest BCUT2D eigenvalue weighted by Crippen LogP contribution is -2.31. The van der Waals surface area contributed by atoms with Crippen molar-refractivity contribution in [1.82, 2.24) is 0 Å². The van der Waals surface area contributed by atoms with Crippen LogP contribution in [0.4, 0.5) is 0 Å². The van der Waals surface area contributed by atoms with Crippen LogP contribution >= 0.6 is 15.8 Å². The number of ether oxygens (including phenoxy) is 3. The molecule has 0 aliphatic carbocycles. The molecule has 3 aliphatic rings. The second-order valence-electron chi connectivity index (χ2n) is 13.5. The largest absolute Gasteiger partial charge is 0.456 e. The van der Waals surface area contributed by atoms with E-state index in [1.165, 1.54) is 65.2 Å². The van der Waals surface area contributed by atoms with Crippen LogP contribution in [0.1, 0.15) is 47.2 Å². The van der Waals surface area contributed by atoms with Gasteiger partial charge in [-0.3, -0.25) is 0 Å². The molecule has 0 aromatic heterocycles. The zero-order chi connectivity index (χ0) is 33.6. The molecule has 0 bridgehead atoms. The molecule has 0 amide bonds. The van der Waals surface area contributed by atoms with E-state index in [0.717, 1.165) is 45.6 Å². The van der Waals surface area contributed by atoms with Gasteiger partial charge in [-0.2, -0.15) is 0 Å². The fourth-order valence-corrected chi connectivity index (χ4v) is 12.8. The lowest BCUT2D eigenvalue weighted by atomic mass is 9.91. The summed E-state index contributed by atoms with van der Waals surface area (Å²) in [5.74, 6) is 5.60. The highest BCUT2D eigenvalue weighted by Crippen LogP contribution is 2.54. The molecule has 9 rings (SSSR count). The minimum absolute atomic E-state index is 0.926. The standard InChI is InChI=1S/C44H36O3P2/c1-25(2)42-30-9-7-11-36(48-38-21-26(3)13-17-32(38)45-33-18-14-27(4)22-39(33)48)43(30)47-44-31(42)10-8-12-37(44)49-40-23-28(5)15-19-34(40)46-35-20-16-29(6)24-41(35)49/h7-24H,1-6H3. The number of fused-ring (bicyclic) bond motifs is 6. The third-order valence-electron chi connectivity index (χ3n) is 9.57. The van der Waals surface area contributed by atoms with Crippen molar-refractivity contribution in [3.8, 4) is 34.5 Å². The Morgan fingerprint density at radius 1 is 0.408 bits per heavy atom. The fraction of sp³-hybridized carbons (Fsp3) is 0.136. The molecule has 3 nitrogen and oxygen atoms in total. The van der Waals surface area contributed by atoms with Gasteiger partial charge in [0.05, 0.1) is 0 Å². The van der Waals surface area contributed by atoms with Crippen molar-refractivity contribution >= 4 is 53.2 Å². The summed E-state index contributed by atoms with van der Waals surface area (Å²) in [4.78, 5) is 0. The first-order valence-electron chi connectivity index (χ1n) is 16.8. The van der Waals surface area contributed by atoms with Crippen LogP contribution in [0.25, 0.3) is 5.57 Å². The molecule has 6 aromatic rings. The Morgan fingerprint density at radius 2 is 0.755 bits per heavy atom. The predicted octanol–water partition coefficient (Wildman–Crippen LogP) is 9.60. The SMILES string of the molecule is CC(C)=C1c2cccc(P3c4cc(C)ccc4Oc4ccc(C)cc43)c2Oc2c1cccc2P1c2cc(C)ccc2Oc2ccc(C)cc21. The highest BCUT2D eigenvalue weighted by molar-refractivity contribution is 7.81. The third kappa shape index (κ3) is 4.86. The maximum atomic E-state index is 7.42. The van der Waals surface area contributed by atoms with E-state index >= 15 is 0 Å². The summed E-state index contributed by atoms with van der Waals surface area (Å²) in [6.07, 6.45) is 0. The van der Waals surface area contributed by atoms with Gasteiger partial charge in [-0.1, -0.05) is 88.5 Å². The van der Waals surface area contributed by atoms with E-state index in [1.807, 2.05) is 0 Å². The van der Waals surface area contributed by atoms with Crippen molar-refractivity contribution in [2.24, 2.45) is 0 Å². The number of hydrogen-bond acceptors (Lipinski definition) is 3. The van der Waals surface area contributed by atoms with Crippen LogP contribution in [0.5, 0.6) is 34.5 Å². The Balaban J connectivity index is 1.30. The van der Waals surface area contributed by atoms with E-state index in [0.29, 0.717) is 0 Å². The molecule has 0 atom stereocenters. The molecular weight excluding hydrogens is 638 g/mol. The van der Waals surface area contributed by atoms with Gasteiger partial charge in [0.2, 0.25) is 0 Å². The van der Waals surface area contributed by atoms with Gasteiger partial charge >= 0.3 is 0 Å². The number of aryl methyl sites for hydroxylation is 4. The third-order valence-corrected chi connectivity index (χ3v) is 14.6. The topological polar surface area (TPSA) is 27.7 Å². The van der Waals surface area contributed by atoms with Crippen LogP contribution in [-0.4, -0.2) is 0 Å². The molecule has 5 heteroatoms.